The van der Waals surface area contributed by atoms with Crippen LogP contribution in [-0.2, 0) is 14.2 Å². The first-order valence-electron chi connectivity index (χ1n) is 12.7. The molecule has 34 heavy (non-hydrogen) atoms. The van der Waals surface area contributed by atoms with Gasteiger partial charge in [-0.1, -0.05) is 77.1 Å². The summed E-state index contributed by atoms with van der Waals surface area (Å²) in [5.74, 6) is 0.170. The van der Waals surface area contributed by atoms with Gasteiger partial charge in [0.05, 0.1) is 22.0 Å². The van der Waals surface area contributed by atoms with E-state index < -0.39 is 24.2 Å². The highest BCUT2D eigenvalue weighted by atomic mass is 32.2. The summed E-state index contributed by atoms with van der Waals surface area (Å²) >= 11 is 0. The summed E-state index contributed by atoms with van der Waals surface area (Å²) in [5, 5.41) is 11.3. The molecule has 0 bridgehead atoms. The van der Waals surface area contributed by atoms with Crippen molar-refractivity contribution in [2.75, 3.05) is 7.05 Å². The van der Waals surface area contributed by atoms with Gasteiger partial charge in [0, 0.05) is 13.0 Å². The monoisotopic (exact) mass is 505 g/mol. The van der Waals surface area contributed by atoms with Crippen LogP contribution in [0.5, 0.6) is 0 Å². The third-order valence-electron chi connectivity index (χ3n) is 6.82. The van der Waals surface area contributed by atoms with Crippen LogP contribution < -0.4 is 0 Å². The van der Waals surface area contributed by atoms with Gasteiger partial charge in [-0.15, -0.1) is 6.58 Å². The molecule has 4 nitrogen and oxygen atoms in total. The zero-order valence-electron chi connectivity index (χ0n) is 22.4. The van der Waals surface area contributed by atoms with Crippen molar-refractivity contribution in [3.63, 3.8) is 0 Å². The van der Waals surface area contributed by atoms with Crippen LogP contribution in [0.3, 0.4) is 0 Å². The molecule has 1 rings (SSSR count). The van der Waals surface area contributed by atoms with Crippen molar-refractivity contribution >= 4 is 18.0 Å². The molecule has 0 aliphatic heterocycles. The molecule has 0 saturated carbocycles. The van der Waals surface area contributed by atoms with Crippen molar-refractivity contribution in [1.29, 1.82) is 0 Å². The molecule has 0 aromatic heterocycles. The van der Waals surface area contributed by atoms with Gasteiger partial charge in [0.1, 0.15) is 9.73 Å². The van der Waals surface area contributed by atoms with Gasteiger partial charge in [0.2, 0.25) is 0 Å². The molecular formula is C28H47NO3SSi. The summed E-state index contributed by atoms with van der Waals surface area (Å²) in [6, 6.07) is 12.5. The topological polar surface area (TPSA) is 58.9 Å². The Morgan fingerprint density at radius 3 is 2.21 bits per heavy atom. The van der Waals surface area contributed by atoms with Gasteiger partial charge in [-0.25, -0.2) is 8.57 Å². The summed E-state index contributed by atoms with van der Waals surface area (Å²) in [6.07, 6.45) is 8.03. The SMILES string of the molecule is C=CCC[C@@H](O)/C(=C\[C@@H](C(C)C)[C@H](/C=C/C)O[Si](CC)(CC)CC)S(=O)(=NC)c1ccccc1. The predicted octanol–water partition coefficient (Wildman–Crippen LogP) is 7.59. The van der Waals surface area contributed by atoms with Crippen molar-refractivity contribution in [1.82, 2.24) is 0 Å². The minimum Gasteiger partial charge on any atom is -0.410 e. The molecule has 0 saturated heterocycles. The molecule has 0 aliphatic carbocycles. The van der Waals surface area contributed by atoms with Crippen LogP contribution in [0.1, 0.15) is 54.4 Å². The maximum atomic E-state index is 14.4. The Labute approximate surface area is 210 Å². The van der Waals surface area contributed by atoms with E-state index in [1.54, 1.807) is 13.1 Å². The maximum absolute atomic E-state index is 14.4. The van der Waals surface area contributed by atoms with Crippen LogP contribution in [0, 0.1) is 11.8 Å². The van der Waals surface area contributed by atoms with Gasteiger partial charge in [-0.3, -0.25) is 0 Å². The highest BCUT2D eigenvalue weighted by Gasteiger charge is 2.36. The number of hydrogen-bond donors (Lipinski definition) is 1. The first kappa shape index (κ1) is 30.6. The van der Waals surface area contributed by atoms with E-state index in [1.807, 2.05) is 49.4 Å². The van der Waals surface area contributed by atoms with Crippen LogP contribution in [0.4, 0.5) is 0 Å². The lowest BCUT2D eigenvalue weighted by Gasteiger charge is -2.37. The van der Waals surface area contributed by atoms with E-state index in [1.165, 1.54) is 0 Å². The predicted molar refractivity (Wildman–Crippen MR) is 150 cm³/mol. The number of aliphatic hydroxyl groups is 1. The van der Waals surface area contributed by atoms with Crippen molar-refractivity contribution in [3.05, 3.63) is 66.1 Å². The van der Waals surface area contributed by atoms with E-state index in [0.717, 1.165) is 18.1 Å². The Hall–Kier alpha value is -1.47. The summed E-state index contributed by atoms with van der Waals surface area (Å²) in [7, 11) is -3.29. The number of rotatable bonds is 15. The molecule has 1 aromatic carbocycles. The van der Waals surface area contributed by atoms with E-state index in [4.69, 9.17) is 4.43 Å². The molecule has 1 N–H and O–H groups in total. The van der Waals surface area contributed by atoms with Crippen molar-refractivity contribution in [3.8, 4) is 0 Å². The number of allylic oxidation sites excluding steroid dienone is 2. The third-order valence-corrected chi connectivity index (χ3v) is 13.9. The number of nitrogens with zero attached hydrogens (tertiary/aromatic N) is 1. The van der Waals surface area contributed by atoms with Crippen LogP contribution in [0.15, 0.2) is 75.4 Å². The van der Waals surface area contributed by atoms with Crippen LogP contribution >= 0.6 is 0 Å². The maximum Gasteiger partial charge on any atom is 0.192 e. The van der Waals surface area contributed by atoms with Crippen molar-refractivity contribution in [2.24, 2.45) is 16.2 Å². The van der Waals surface area contributed by atoms with Gasteiger partial charge in [-0.2, -0.15) is 0 Å². The van der Waals surface area contributed by atoms with Gasteiger partial charge < -0.3 is 9.53 Å². The van der Waals surface area contributed by atoms with E-state index in [2.05, 4.69) is 51.6 Å². The Morgan fingerprint density at radius 1 is 1.18 bits per heavy atom. The quantitative estimate of drug-likeness (QED) is 0.197. The molecule has 0 fully saturated rings. The Kier molecular flexibility index (Phi) is 13.3. The molecule has 0 radical (unpaired) electrons. The van der Waals surface area contributed by atoms with Crippen LogP contribution in [0.2, 0.25) is 18.1 Å². The second-order valence-corrected chi connectivity index (χ2v) is 16.2. The average Bonchev–Trinajstić information content (AvgIpc) is 2.86. The summed E-state index contributed by atoms with van der Waals surface area (Å²) in [5.41, 5.74) is 0. The zero-order chi connectivity index (χ0) is 25.8. The lowest BCUT2D eigenvalue weighted by Crippen LogP contribution is -2.42. The van der Waals surface area contributed by atoms with Gasteiger partial charge in [0.25, 0.3) is 0 Å². The first-order valence-corrected chi connectivity index (χ1v) is 16.7. The second-order valence-electron chi connectivity index (χ2n) is 9.15. The van der Waals surface area contributed by atoms with Crippen molar-refractivity contribution < 1.29 is 13.7 Å². The van der Waals surface area contributed by atoms with Gasteiger partial charge in [-0.05, 0) is 55.9 Å². The van der Waals surface area contributed by atoms with Crippen LogP contribution in [-0.4, -0.2) is 36.9 Å². The van der Waals surface area contributed by atoms with E-state index in [9.17, 15) is 9.32 Å². The lowest BCUT2D eigenvalue weighted by atomic mass is 9.89. The summed E-state index contributed by atoms with van der Waals surface area (Å²) < 4.78 is 25.7. The zero-order valence-corrected chi connectivity index (χ0v) is 24.2. The standard InChI is InChI=1S/C28H47NO3SSi/c1-9-14-21-26(30)28(33(31,29-8)24-19-16-15-17-20-24)22-25(23(6)7)27(18-10-2)32-34(11-3,12-4)13-5/h9-10,15-20,22-23,25-27,30H,1,11-14,21H2,2-8H3/b18-10+,28-22+/t25-,26+,27-,33?/m0/s1. The molecule has 4 atom stereocenters. The molecule has 6 heteroatoms. The molecule has 0 aliphatic rings. The third kappa shape index (κ3) is 7.77. The lowest BCUT2D eigenvalue weighted by molar-refractivity contribution is 0.158. The number of aliphatic hydroxyl groups excluding tert-OH is 1. The van der Waals surface area contributed by atoms with E-state index in [0.29, 0.717) is 22.6 Å². The normalized spacial score (nSPS) is 17.4. The minimum atomic E-state index is -2.98. The highest BCUT2D eigenvalue weighted by Crippen LogP contribution is 2.34. The molecule has 1 unspecified atom stereocenters. The number of hydrogen-bond acceptors (Lipinski definition) is 4. The summed E-state index contributed by atoms with van der Waals surface area (Å²) in [4.78, 5) is 1.10. The fourth-order valence-electron chi connectivity index (χ4n) is 4.34. The molecular weight excluding hydrogens is 458 g/mol. The summed E-state index contributed by atoms with van der Waals surface area (Å²) in [6.45, 7) is 16.8. The molecule has 1 aromatic rings. The van der Waals surface area contributed by atoms with E-state index in [-0.39, 0.29) is 17.9 Å². The Balaban J connectivity index is 3.75. The minimum absolute atomic E-state index is 0.0487. The average molecular weight is 506 g/mol. The molecule has 0 amide bonds. The highest BCUT2D eigenvalue weighted by molar-refractivity contribution is 7.97. The van der Waals surface area contributed by atoms with E-state index >= 15 is 0 Å². The van der Waals surface area contributed by atoms with Gasteiger partial charge in [0.15, 0.2) is 8.32 Å². The van der Waals surface area contributed by atoms with Gasteiger partial charge >= 0.3 is 0 Å². The first-order chi connectivity index (χ1) is 16.2. The second kappa shape index (κ2) is 14.8. The molecule has 192 valence electrons. The Bertz CT molecular complexity index is 905. The number of benzene rings is 1. The smallest absolute Gasteiger partial charge is 0.192 e. The molecule has 0 spiro atoms. The van der Waals surface area contributed by atoms with Crippen molar-refractivity contribution in [2.45, 2.75) is 89.6 Å². The fourth-order valence-corrected chi connectivity index (χ4v) is 9.20. The molecule has 0 heterocycles. The van der Waals surface area contributed by atoms with Crippen LogP contribution in [0.25, 0.3) is 0 Å². The largest absolute Gasteiger partial charge is 0.410 e. The fraction of sp³-hybridized carbons (Fsp3) is 0.571. The Morgan fingerprint density at radius 2 is 1.76 bits per heavy atom.